The maximum absolute atomic E-state index is 14.4. The van der Waals surface area contributed by atoms with Crippen LogP contribution in [-0.2, 0) is 10.0 Å². The molecule has 0 amide bonds. The van der Waals surface area contributed by atoms with Crippen LogP contribution < -0.4 is 0 Å². The lowest BCUT2D eigenvalue weighted by atomic mass is 9.91. The van der Waals surface area contributed by atoms with E-state index >= 15 is 0 Å². The maximum atomic E-state index is 14.4. The van der Waals surface area contributed by atoms with Gasteiger partial charge in [-0.25, -0.2) is 13.1 Å². The zero-order valence-corrected chi connectivity index (χ0v) is 20.0. The number of nitrogens with zero attached hydrogens (tertiary/aromatic N) is 3. The number of rotatable bonds is 6. The zero-order chi connectivity index (χ0) is 22.0. The monoisotopic (exact) mass is 469 g/mol. The molecule has 0 spiro atoms. The van der Waals surface area contributed by atoms with Gasteiger partial charge in [0.05, 0.1) is 16.8 Å². The summed E-state index contributed by atoms with van der Waals surface area (Å²) in [5.41, 5.74) is 1.44. The molecule has 1 aromatic carbocycles. The molecule has 3 aromatic rings. The van der Waals surface area contributed by atoms with Gasteiger partial charge in [0.2, 0.25) is 10.0 Å². The van der Waals surface area contributed by atoms with Gasteiger partial charge in [-0.3, -0.25) is 0 Å². The van der Waals surface area contributed by atoms with E-state index < -0.39 is 10.0 Å². The van der Waals surface area contributed by atoms with Gasteiger partial charge in [-0.2, -0.15) is 9.40 Å². The molecule has 0 N–H and O–H groups in total. The maximum Gasteiger partial charge on any atom is 0.247 e. The Hall–Kier alpha value is -1.96. The van der Waals surface area contributed by atoms with Crippen LogP contribution in [0.2, 0.25) is 0 Å². The van der Waals surface area contributed by atoms with E-state index in [1.165, 1.54) is 24.2 Å². The van der Waals surface area contributed by atoms with Gasteiger partial charge in [-0.1, -0.05) is 62.8 Å². The van der Waals surface area contributed by atoms with Crippen molar-refractivity contribution >= 4 is 21.4 Å². The molecule has 2 fully saturated rings. The Kier molecular flexibility index (Phi) is 6.49. The number of hydrogen-bond donors (Lipinski definition) is 0. The van der Waals surface area contributed by atoms with Crippen molar-refractivity contribution in [3.05, 3.63) is 54.0 Å². The second-order valence-electron chi connectivity index (χ2n) is 9.02. The third-order valence-electron chi connectivity index (χ3n) is 6.88. The Morgan fingerprint density at radius 3 is 2.03 bits per heavy atom. The van der Waals surface area contributed by atoms with Crippen LogP contribution in [0.3, 0.4) is 0 Å². The van der Waals surface area contributed by atoms with E-state index in [0.29, 0.717) is 10.6 Å². The average Bonchev–Trinajstić information content (AvgIpc) is 3.52. The van der Waals surface area contributed by atoms with Gasteiger partial charge in [0, 0.05) is 12.1 Å². The molecule has 5 rings (SSSR count). The first-order valence-corrected chi connectivity index (χ1v) is 14.2. The van der Waals surface area contributed by atoms with E-state index in [0.717, 1.165) is 61.9 Å². The summed E-state index contributed by atoms with van der Waals surface area (Å²) in [7, 11) is -3.69. The predicted molar refractivity (Wildman–Crippen MR) is 130 cm³/mol. The van der Waals surface area contributed by atoms with E-state index in [2.05, 4.69) is 0 Å². The van der Waals surface area contributed by atoms with E-state index in [4.69, 9.17) is 5.10 Å². The Labute approximate surface area is 195 Å². The van der Waals surface area contributed by atoms with Crippen LogP contribution >= 0.6 is 11.3 Å². The van der Waals surface area contributed by atoms with E-state index in [9.17, 15) is 8.42 Å². The van der Waals surface area contributed by atoms with Gasteiger partial charge in [0.15, 0.2) is 0 Å². The number of sulfonamides is 1. The fourth-order valence-corrected chi connectivity index (χ4v) is 8.17. The lowest BCUT2D eigenvalue weighted by Crippen LogP contribution is -2.48. The van der Waals surface area contributed by atoms with E-state index in [1.807, 2.05) is 52.1 Å². The Balaban J connectivity index is 1.62. The molecule has 7 heteroatoms. The first-order valence-electron chi connectivity index (χ1n) is 11.9. The Bertz CT molecular complexity index is 1090. The number of benzene rings is 1. The molecule has 0 unspecified atom stereocenters. The van der Waals surface area contributed by atoms with Crippen molar-refractivity contribution in [2.24, 2.45) is 0 Å². The van der Waals surface area contributed by atoms with Crippen LogP contribution in [0.4, 0.5) is 0 Å². The molecule has 0 radical (unpaired) electrons. The highest BCUT2D eigenvalue weighted by molar-refractivity contribution is 7.89. The quantitative estimate of drug-likeness (QED) is 0.428. The highest BCUT2D eigenvalue weighted by Gasteiger charge is 2.40. The summed E-state index contributed by atoms with van der Waals surface area (Å²) in [6, 6.07) is 13.9. The topological polar surface area (TPSA) is 55.2 Å². The molecule has 2 saturated carbocycles. The van der Waals surface area contributed by atoms with E-state index in [-0.39, 0.29) is 12.1 Å². The number of hydrogen-bond acceptors (Lipinski definition) is 4. The van der Waals surface area contributed by atoms with Gasteiger partial charge in [-0.05, 0) is 49.3 Å². The largest absolute Gasteiger partial charge is 0.247 e. The van der Waals surface area contributed by atoms with Crippen LogP contribution in [0.1, 0.15) is 64.2 Å². The van der Waals surface area contributed by atoms with Gasteiger partial charge in [0.25, 0.3) is 0 Å². The fraction of sp³-hybridized carbons (Fsp3) is 0.480. The summed E-state index contributed by atoms with van der Waals surface area (Å²) in [4.78, 5) is 1.24. The SMILES string of the molecule is O=S(=O)(c1cn(-c2ccccc2)nc1-c1cccs1)N(C1CCCCC1)C1CCCCC1. The van der Waals surface area contributed by atoms with Gasteiger partial charge >= 0.3 is 0 Å². The second-order valence-corrected chi connectivity index (χ2v) is 11.8. The van der Waals surface area contributed by atoms with Crippen molar-refractivity contribution in [2.45, 2.75) is 81.2 Å². The second kappa shape index (κ2) is 9.49. The highest BCUT2D eigenvalue weighted by atomic mass is 32.2. The molecule has 2 heterocycles. The molecule has 2 aliphatic carbocycles. The minimum absolute atomic E-state index is 0.105. The molecular formula is C25H31N3O2S2. The molecule has 32 heavy (non-hydrogen) atoms. The third kappa shape index (κ3) is 4.30. The predicted octanol–water partition coefficient (Wildman–Crippen LogP) is 6.26. The molecule has 0 atom stereocenters. The lowest BCUT2D eigenvalue weighted by molar-refractivity contribution is 0.170. The summed E-state index contributed by atoms with van der Waals surface area (Å²) in [6.45, 7) is 0. The summed E-state index contributed by atoms with van der Waals surface area (Å²) in [6.07, 6.45) is 12.5. The molecule has 0 saturated heterocycles. The van der Waals surface area contributed by atoms with Crippen LogP contribution in [-0.4, -0.2) is 34.6 Å². The van der Waals surface area contributed by atoms with Crippen molar-refractivity contribution in [1.82, 2.24) is 14.1 Å². The molecule has 0 bridgehead atoms. The van der Waals surface area contributed by atoms with Crippen molar-refractivity contribution in [2.75, 3.05) is 0 Å². The standard InChI is InChI=1S/C25H31N3O2S2/c29-32(30,28(21-13-6-2-7-14-21)22-15-8-3-9-16-22)24-19-27(20-11-4-1-5-12-20)26-25(24)23-17-10-18-31-23/h1,4-5,10-12,17-19,21-22H,2-3,6-9,13-16H2. The number of para-hydroxylation sites is 1. The van der Waals surface area contributed by atoms with Crippen molar-refractivity contribution < 1.29 is 8.42 Å². The number of aromatic nitrogens is 2. The Morgan fingerprint density at radius 1 is 0.844 bits per heavy atom. The van der Waals surface area contributed by atoms with Crippen molar-refractivity contribution in [3.63, 3.8) is 0 Å². The third-order valence-corrected chi connectivity index (χ3v) is 9.76. The molecule has 2 aliphatic rings. The summed E-state index contributed by atoms with van der Waals surface area (Å²) in [5, 5.41) is 6.76. The van der Waals surface area contributed by atoms with Crippen molar-refractivity contribution in [1.29, 1.82) is 0 Å². The summed E-state index contributed by atoms with van der Waals surface area (Å²) >= 11 is 1.54. The van der Waals surface area contributed by atoms with Gasteiger partial charge in [0.1, 0.15) is 10.6 Å². The Morgan fingerprint density at radius 2 is 1.47 bits per heavy atom. The van der Waals surface area contributed by atoms with Crippen LogP contribution in [0.15, 0.2) is 58.9 Å². The molecule has 2 aromatic heterocycles. The van der Waals surface area contributed by atoms with Gasteiger partial charge < -0.3 is 0 Å². The van der Waals surface area contributed by atoms with Gasteiger partial charge in [-0.15, -0.1) is 11.3 Å². The fourth-order valence-electron chi connectivity index (χ4n) is 5.32. The average molecular weight is 470 g/mol. The molecule has 0 aliphatic heterocycles. The van der Waals surface area contributed by atoms with Crippen LogP contribution in [0.25, 0.3) is 16.3 Å². The number of thiophene rings is 1. The van der Waals surface area contributed by atoms with Crippen LogP contribution in [0, 0.1) is 0 Å². The minimum atomic E-state index is -3.69. The zero-order valence-electron chi connectivity index (χ0n) is 18.4. The normalized spacial score (nSPS) is 18.9. The molecular weight excluding hydrogens is 438 g/mol. The first-order chi connectivity index (χ1) is 15.6. The highest BCUT2D eigenvalue weighted by Crippen LogP contribution is 2.38. The van der Waals surface area contributed by atoms with E-state index in [1.54, 1.807) is 10.9 Å². The van der Waals surface area contributed by atoms with Crippen LogP contribution in [0.5, 0.6) is 0 Å². The smallest absolute Gasteiger partial charge is 0.239 e. The minimum Gasteiger partial charge on any atom is -0.239 e. The lowest BCUT2D eigenvalue weighted by Gasteiger charge is -2.40. The molecule has 5 nitrogen and oxygen atoms in total. The molecule has 170 valence electrons. The first kappa shape index (κ1) is 21.9. The summed E-state index contributed by atoms with van der Waals surface area (Å²) in [5.74, 6) is 0. The van der Waals surface area contributed by atoms with Crippen molar-refractivity contribution in [3.8, 4) is 16.3 Å². The summed E-state index contributed by atoms with van der Waals surface area (Å²) < 4.78 is 32.4.